The van der Waals surface area contributed by atoms with Crippen molar-refractivity contribution in [3.8, 4) is 0 Å². The molecular weight excluding hydrogens is 288 g/mol. The first kappa shape index (κ1) is 19.0. The van der Waals surface area contributed by atoms with Crippen molar-refractivity contribution in [1.29, 1.82) is 0 Å². The van der Waals surface area contributed by atoms with Gasteiger partial charge in [0.25, 0.3) is 0 Å². The van der Waals surface area contributed by atoms with Crippen molar-refractivity contribution in [2.24, 2.45) is 10.9 Å². The zero-order valence-corrected chi connectivity index (χ0v) is 15.2. The third-order valence-electron chi connectivity index (χ3n) is 2.98. The van der Waals surface area contributed by atoms with Crippen molar-refractivity contribution in [2.45, 2.75) is 53.1 Å². The van der Waals surface area contributed by atoms with Gasteiger partial charge >= 0.3 is 0 Å². The Bertz CT molecular complexity index is 544. The number of nitrogens with one attached hydrogen (secondary N) is 3. The number of nitrogens with zero attached hydrogens (tertiary/aromatic N) is 1. The normalized spacial score (nSPS) is 12.2. The highest BCUT2D eigenvalue weighted by Gasteiger charge is 2.11. The Hall–Kier alpha value is -2.04. The molecule has 0 bridgehead atoms. The van der Waals surface area contributed by atoms with Gasteiger partial charge in [-0.3, -0.25) is 9.79 Å². The molecule has 5 heteroatoms. The predicted octanol–water partition coefficient (Wildman–Crippen LogP) is 3.13. The molecule has 1 amide bonds. The summed E-state index contributed by atoms with van der Waals surface area (Å²) in [6.07, 6.45) is 0.532. The van der Waals surface area contributed by atoms with Gasteiger partial charge in [0.1, 0.15) is 0 Å². The largest absolute Gasteiger partial charge is 0.352 e. The highest BCUT2D eigenvalue weighted by Crippen LogP contribution is 2.12. The molecule has 5 nitrogen and oxygen atoms in total. The van der Waals surface area contributed by atoms with E-state index in [2.05, 4.69) is 41.7 Å². The molecule has 3 N–H and O–H groups in total. The SMILES string of the molecule is CN=C(NCc1cccc(NC(=O)CC(C)C)c1)NC(C)(C)C. The minimum atomic E-state index is -0.0471. The summed E-state index contributed by atoms with van der Waals surface area (Å²) in [5.41, 5.74) is 1.87. The van der Waals surface area contributed by atoms with Crippen LogP contribution in [0.5, 0.6) is 0 Å². The first-order valence-corrected chi connectivity index (χ1v) is 8.07. The molecule has 1 aromatic rings. The maximum atomic E-state index is 11.8. The third kappa shape index (κ3) is 8.24. The molecule has 0 atom stereocenters. The monoisotopic (exact) mass is 318 g/mol. The van der Waals surface area contributed by atoms with Gasteiger partial charge in [0.05, 0.1) is 0 Å². The van der Waals surface area contributed by atoms with Gasteiger partial charge in [-0.05, 0) is 44.4 Å². The summed E-state index contributed by atoms with van der Waals surface area (Å²) in [5, 5.41) is 9.54. The van der Waals surface area contributed by atoms with Gasteiger partial charge < -0.3 is 16.0 Å². The number of anilines is 1. The average molecular weight is 318 g/mol. The van der Waals surface area contributed by atoms with Gasteiger partial charge in [0, 0.05) is 31.2 Å². The second-order valence-electron chi connectivity index (χ2n) is 7.15. The van der Waals surface area contributed by atoms with Crippen molar-refractivity contribution in [1.82, 2.24) is 10.6 Å². The van der Waals surface area contributed by atoms with Crippen LogP contribution in [0.15, 0.2) is 29.3 Å². The molecule has 0 aliphatic carbocycles. The van der Waals surface area contributed by atoms with Gasteiger partial charge in [-0.15, -0.1) is 0 Å². The zero-order chi connectivity index (χ0) is 17.5. The Morgan fingerprint density at radius 3 is 2.52 bits per heavy atom. The number of hydrogen-bond donors (Lipinski definition) is 3. The lowest BCUT2D eigenvalue weighted by molar-refractivity contribution is -0.116. The first-order valence-electron chi connectivity index (χ1n) is 8.07. The smallest absolute Gasteiger partial charge is 0.224 e. The van der Waals surface area contributed by atoms with E-state index in [0.29, 0.717) is 18.9 Å². The second-order valence-corrected chi connectivity index (χ2v) is 7.15. The molecule has 0 spiro atoms. The van der Waals surface area contributed by atoms with Crippen molar-refractivity contribution >= 4 is 17.6 Å². The van der Waals surface area contributed by atoms with Gasteiger partial charge in [-0.25, -0.2) is 0 Å². The average Bonchev–Trinajstić information content (AvgIpc) is 2.41. The van der Waals surface area contributed by atoms with Crippen LogP contribution in [-0.4, -0.2) is 24.5 Å². The summed E-state index contributed by atoms with van der Waals surface area (Å²) < 4.78 is 0. The summed E-state index contributed by atoms with van der Waals surface area (Å²) in [4.78, 5) is 16.1. The van der Waals surface area contributed by atoms with Crippen LogP contribution in [0.4, 0.5) is 5.69 Å². The van der Waals surface area contributed by atoms with Crippen LogP contribution in [0.2, 0.25) is 0 Å². The lowest BCUT2D eigenvalue weighted by atomic mass is 10.1. The van der Waals surface area contributed by atoms with E-state index in [0.717, 1.165) is 17.2 Å². The van der Waals surface area contributed by atoms with E-state index in [-0.39, 0.29) is 11.4 Å². The number of benzene rings is 1. The Kier molecular flexibility index (Phi) is 7.07. The van der Waals surface area contributed by atoms with Crippen molar-refractivity contribution in [3.05, 3.63) is 29.8 Å². The molecule has 0 saturated carbocycles. The maximum Gasteiger partial charge on any atom is 0.224 e. The highest BCUT2D eigenvalue weighted by atomic mass is 16.1. The van der Waals surface area contributed by atoms with Crippen LogP contribution >= 0.6 is 0 Å². The minimum absolute atomic E-state index is 0.0471. The zero-order valence-electron chi connectivity index (χ0n) is 15.2. The molecule has 0 aliphatic rings. The molecule has 1 rings (SSSR count). The Labute approximate surface area is 140 Å². The summed E-state index contributed by atoms with van der Waals surface area (Å²) >= 11 is 0. The fourth-order valence-corrected chi connectivity index (χ4v) is 2.06. The number of amides is 1. The van der Waals surface area contributed by atoms with Crippen molar-refractivity contribution in [2.75, 3.05) is 12.4 Å². The van der Waals surface area contributed by atoms with E-state index in [1.54, 1.807) is 7.05 Å². The Morgan fingerprint density at radius 1 is 1.26 bits per heavy atom. The maximum absolute atomic E-state index is 11.8. The number of carbonyl (C=O) groups excluding carboxylic acids is 1. The molecule has 0 aromatic heterocycles. The molecule has 0 radical (unpaired) electrons. The summed E-state index contributed by atoms with van der Waals surface area (Å²) in [6, 6.07) is 7.86. The topological polar surface area (TPSA) is 65.5 Å². The van der Waals surface area contributed by atoms with Crippen molar-refractivity contribution < 1.29 is 4.79 Å². The van der Waals surface area contributed by atoms with Crippen molar-refractivity contribution in [3.63, 3.8) is 0 Å². The van der Waals surface area contributed by atoms with Crippen LogP contribution in [0.3, 0.4) is 0 Å². The highest BCUT2D eigenvalue weighted by molar-refractivity contribution is 5.90. The molecule has 0 heterocycles. The minimum Gasteiger partial charge on any atom is -0.352 e. The molecular formula is C18H30N4O. The van der Waals surface area contributed by atoms with Gasteiger partial charge in [0.15, 0.2) is 5.96 Å². The van der Waals surface area contributed by atoms with Gasteiger partial charge in [-0.2, -0.15) is 0 Å². The van der Waals surface area contributed by atoms with Crippen LogP contribution < -0.4 is 16.0 Å². The van der Waals surface area contributed by atoms with E-state index in [1.807, 2.05) is 38.1 Å². The standard InChI is InChI=1S/C18H30N4O/c1-13(2)10-16(23)21-15-9-7-8-14(11-15)12-20-17(19-6)22-18(3,4)5/h7-9,11,13H,10,12H2,1-6H3,(H,21,23)(H2,19,20,22). The van der Waals surface area contributed by atoms with E-state index in [9.17, 15) is 4.79 Å². The van der Waals surface area contributed by atoms with E-state index in [1.165, 1.54) is 0 Å². The van der Waals surface area contributed by atoms with Gasteiger partial charge in [-0.1, -0.05) is 26.0 Å². The summed E-state index contributed by atoms with van der Waals surface area (Å²) in [5.74, 6) is 1.16. The van der Waals surface area contributed by atoms with E-state index >= 15 is 0 Å². The first-order chi connectivity index (χ1) is 10.7. The Morgan fingerprint density at radius 2 is 1.96 bits per heavy atom. The molecule has 128 valence electrons. The molecule has 1 aromatic carbocycles. The second kappa shape index (κ2) is 8.56. The van der Waals surface area contributed by atoms with Crippen LogP contribution in [-0.2, 0) is 11.3 Å². The fourth-order valence-electron chi connectivity index (χ4n) is 2.06. The number of carbonyl (C=O) groups is 1. The molecule has 0 aliphatic heterocycles. The Balaban J connectivity index is 2.61. The molecule has 23 heavy (non-hydrogen) atoms. The number of hydrogen-bond acceptors (Lipinski definition) is 2. The molecule has 0 fully saturated rings. The quantitative estimate of drug-likeness (QED) is 0.577. The number of guanidine groups is 1. The van der Waals surface area contributed by atoms with Crippen LogP contribution in [0, 0.1) is 5.92 Å². The predicted molar refractivity (Wildman–Crippen MR) is 97.6 cm³/mol. The number of rotatable bonds is 5. The van der Waals surface area contributed by atoms with E-state index < -0.39 is 0 Å². The summed E-state index contributed by atoms with van der Waals surface area (Å²) in [7, 11) is 1.75. The summed E-state index contributed by atoms with van der Waals surface area (Å²) in [6.45, 7) is 11.0. The van der Waals surface area contributed by atoms with Crippen LogP contribution in [0.25, 0.3) is 0 Å². The number of aliphatic imine (C=N–C) groups is 1. The molecule has 0 unspecified atom stereocenters. The lowest BCUT2D eigenvalue weighted by Gasteiger charge is -2.23. The van der Waals surface area contributed by atoms with E-state index in [4.69, 9.17) is 0 Å². The van der Waals surface area contributed by atoms with Crippen LogP contribution in [0.1, 0.15) is 46.6 Å². The third-order valence-corrected chi connectivity index (χ3v) is 2.98. The molecule has 0 saturated heterocycles. The fraction of sp³-hybridized carbons (Fsp3) is 0.556. The lowest BCUT2D eigenvalue weighted by Crippen LogP contribution is -2.47. The van der Waals surface area contributed by atoms with Gasteiger partial charge in [0.2, 0.25) is 5.91 Å².